The van der Waals surface area contributed by atoms with Gasteiger partial charge < -0.3 is 14.9 Å². The number of anilines is 1. The molecule has 118 valence electrons. The van der Waals surface area contributed by atoms with E-state index in [1.165, 1.54) is 4.90 Å². The van der Waals surface area contributed by atoms with Gasteiger partial charge in [-0.15, -0.1) is 0 Å². The standard InChI is InChI=1S/C17H18N4O2/c1-11-10-21(17(22)23)12(2)9-20(11)15-6-5-13(8-18)16-14(15)4-3-7-19-16/h3-7,11-12H,9-10H2,1-2H3,(H,22,23)/t11?,12-/m1/s1. The van der Waals surface area contributed by atoms with Crippen LogP contribution in [0.1, 0.15) is 19.4 Å². The summed E-state index contributed by atoms with van der Waals surface area (Å²) in [5, 5.41) is 19.5. The van der Waals surface area contributed by atoms with E-state index in [0.717, 1.165) is 11.1 Å². The van der Waals surface area contributed by atoms with Crippen molar-refractivity contribution in [2.75, 3.05) is 18.0 Å². The van der Waals surface area contributed by atoms with Crippen LogP contribution in [0.25, 0.3) is 10.9 Å². The predicted molar refractivity (Wildman–Crippen MR) is 87.5 cm³/mol. The number of benzene rings is 1. The molecule has 0 spiro atoms. The summed E-state index contributed by atoms with van der Waals surface area (Å²) in [6.45, 7) is 5.00. The molecule has 2 aromatic rings. The molecule has 2 atom stereocenters. The molecule has 3 rings (SSSR count). The minimum atomic E-state index is -0.879. The number of amides is 1. The van der Waals surface area contributed by atoms with Gasteiger partial charge in [-0.3, -0.25) is 4.98 Å². The Bertz CT molecular complexity index is 799. The Morgan fingerprint density at radius 2 is 2.09 bits per heavy atom. The van der Waals surface area contributed by atoms with Crippen molar-refractivity contribution in [2.45, 2.75) is 25.9 Å². The van der Waals surface area contributed by atoms with Crippen molar-refractivity contribution in [3.63, 3.8) is 0 Å². The molecule has 2 heterocycles. The molecular weight excluding hydrogens is 292 g/mol. The Hall–Kier alpha value is -2.81. The third kappa shape index (κ3) is 2.55. The first-order chi connectivity index (χ1) is 11.0. The van der Waals surface area contributed by atoms with Gasteiger partial charge in [-0.25, -0.2) is 4.79 Å². The van der Waals surface area contributed by atoms with Crippen LogP contribution in [0.15, 0.2) is 30.5 Å². The quantitative estimate of drug-likeness (QED) is 0.876. The first kappa shape index (κ1) is 15.1. The first-order valence-electron chi connectivity index (χ1n) is 7.57. The molecule has 1 aromatic heterocycles. The van der Waals surface area contributed by atoms with E-state index in [1.54, 1.807) is 12.3 Å². The fraction of sp³-hybridized carbons (Fsp3) is 0.353. The van der Waals surface area contributed by atoms with Crippen LogP contribution in [0.2, 0.25) is 0 Å². The van der Waals surface area contributed by atoms with Crippen molar-refractivity contribution >= 4 is 22.7 Å². The zero-order valence-corrected chi connectivity index (χ0v) is 13.1. The van der Waals surface area contributed by atoms with Gasteiger partial charge in [0.15, 0.2) is 0 Å². The molecule has 1 aliphatic heterocycles. The number of fused-ring (bicyclic) bond motifs is 1. The Balaban J connectivity index is 2.05. The van der Waals surface area contributed by atoms with Crippen LogP contribution >= 0.6 is 0 Å². The minimum absolute atomic E-state index is 0.0543. The Morgan fingerprint density at radius 3 is 2.78 bits per heavy atom. The number of nitriles is 1. The average molecular weight is 310 g/mol. The van der Waals surface area contributed by atoms with Gasteiger partial charge in [0.1, 0.15) is 6.07 Å². The zero-order chi connectivity index (χ0) is 16.6. The molecule has 0 radical (unpaired) electrons. The molecule has 0 saturated carbocycles. The normalized spacial score (nSPS) is 21.3. The van der Waals surface area contributed by atoms with Crippen molar-refractivity contribution < 1.29 is 9.90 Å². The summed E-state index contributed by atoms with van der Waals surface area (Å²) in [6.07, 6.45) is 0.803. The molecule has 1 fully saturated rings. The summed E-state index contributed by atoms with van der Waals surface area (Å²) < 4.78 is 0. The second kappa shape index (κ2) is 5.76. The third-order valence-corrected chi connectivity index (χ3v) is 4.41. The number of carboxylic acid groups (broad SMARTS) is 1. The maximum Gasteiger partial charge on any atom is 0.407 e. The molecule has 1 amide bonds. The SMILES string of the molecule is CC1CN(C(=O)O)[C@H](C)CN1c1ccc(C#N)c2ncccc12. The van der Waals surface area contributed by atoms with E-state index in [4.69, 9.17) is 0 Å². The highest BCUT2D eigenvalue weighted by Gasteiger charge is 2.32. The highest BCUT2D eigenvalue weighted by atomic mass is 16.4. The minimum Gasteiger partial charge on any atom is -0.465 e. The molecule has 1 N–H and O–H groups in total. The largest absolute Gasteiger partial charge is 0.465 e. The molecular formula is C17H18N4O2. The Kier molecular flexibility index (Phi) is 3.78. The number of carbonyl (C=O) groups is 1. The second-order valence-corrected chi connectivity index (χ2v) is 5.93. The molecule has 0 bridgehead atoms. The van der Waals surface area contributed by atoms with Crippen molar-refractivity contribution in [1.29, 1.82) is 5.26 Å². The maximum atomic E-state index is 11.3. The average Bonchev–Trinajstić information content (AvgIpc) is 2.55. The lowest BCUT2D eigenvalue weighted by Crippen LogP contribution is -2.58. The van der Waals surface area contributed by atoms with Crippen LogP contribution in [0.4, 0.5) is 10.5 Å². The fourth-order valence-electron chi connectivity index (χ4n) is 3.23. The van der Waals surface area contributed by atoms with Gasteiger partial charge >= 0.3 is 6.09 Å². The molecule has 6 nitrogen and oxygen atoms in total. The molecule has 1 saturated heterocycles. The van der Waals surface area contributed by atoms with Crippen molar-refractivity contribution in [1.82, 2.24) is 9.88 Å². The van der Waals surface area contributed by atoms with Crippen LogP contribution in [-0.4, -0.2) is 46.3 Å². The lowest BCUT2D eigenvalue weighted by Gasteiger charge is -2.44. The molecule has 1 aliphatic rings. The van der Waals surface area contributed by atoms with Gasteiger partial charge in [0, 0.05) is 42.4 Å². The first-order valence-corrected chi connectivity index (χ1v) is 7.57. The Morgan fingerprint density at radius 1 is 1.30 bits per heavy atom. The van der Waals surface area contributed by atoms with Crippen LogP contribution in [0, 0.1) is 11.3 Å². The number of nitrogens with zero attached hydrogens (tertiary/aromatic N) is 4. The molecule has 1 unspecified atom stereocenters. The molecule has 0 aliphatic carbocycles. The van der Waals surface area contributed by atoms with Crippen molar-refractivity contribution in [3.05, 3.63) is 36.0 Å². The lowest BCUT2D eigenvalue weighted by molar-refractivity contribution is 0.114. The van der Waals surface area contributed by atoms with E-state index < -0.39 is 6.09 Å². The van der Waals surface area contributed by atoms with Crippen molar-refractivity contribution in [3.8, 4) is 6.07 Å². The van der Waals surface area contributed by atoms with Crippen LogP contribution in [0.3, 0.4) is 0 Å². The molecule has 1 aromatic carbocycles. The number of pyridine rings is 1. The van der Waals surface area contributed by atoms with Gasteiger partial charge in [0.05, 0.1) is 11.1 Å². The van der Waals surface area contributed by atoms with Gasteiger partial charge in [0.2, 0.25) is 0 Å². The fourth-order valence-corrected chi connectivity index (χ4v) is 3.23. The summed E-state index contributed by atoms with van der Waals surface area (Å²) in [5.41, 5.74) is 2.23. The molecule has 23 heavy (non-hydrogen) atoms. The van der Waals surface area contributed by atoms with E-state index in [0.29, 0.717) is 24.2 Å². The van der Waals surface area contributed by atoms with Crippen LogP contribution < -0.4 is 4.90 Å². The number of aromatic nitrogens is 1. The summed E-state index contributed by atoms with van der Waals surface area (Å²) in [6, 6.07) is 9.67. The van der Waals surface area contributed by atoms with E-state index in [2.05, 4.69) is 16.0 Å². The summed E-state index contributed by atoms with van der Waals surface area (Å²) in [5.74, 6) is 0. The summed E-state index contributed by atoms with van der Waals surface area (Å²) >= 11 is 0. The van der Waals surface area contributed by atoms with E-state index in [1.807, 2.05) is 32.0 Å². The van der Waals surface area contributed by atoms with Crippen LogP contribution in [0.5, 0.6) is 0 Å². The van der Waals surface area contributed by atoms with E-state index in [9.17, 15) is 15.2 Å². The van der Waals surface area contributed by atoms with Gasteiger partial charge in [-0.05, 0) is 38.1 Å². The van der Waals surface area contributed by atoms with E-state index in [-0.39, 0.29) is 12.1 Å². The third-order valence-electron chi connectivity index (χ3n) is 4.41. The summed E-state index contributed by atoms with van der Waals surface area (Å²) in [7, 11) is 0. The smallest absolute Gasteiger partial charge is 0.407 e. The second-order valence-electron chi connectivity index (χ2n) is 5.93. The van der Waals surface area contributed by atoms with Crippen LogP contribution in [-0.2, 0) is 0 Å². The van der Waals surface area contributed by atoms with E-state index >= 15 is 0 Å². The predicted octanol–water partition coefficient (Wildman–Crippen LogP) is 2.68. The maximum absolute atomic E-state index is 11.3. The number of rotatable bonds is 1. The summed E-state index contributed by atoms with van der Waals surface area (Å²) in [4.78, 5) is 19.3. The number of hydrogen-bond donors (Lipinski definition) is 1. The van der Waals surface area contributed by atoms with Gasteiger partial charge in [-0.2, -0.15) is 5.26 Å². The zero-order valence-electron chi connectivity index (χ0n) is 13.1. The Labute approximate surface area is 134 Å². The number of piperazine rings is 1. The molecule has 6 heteroatoms. The lowest BCUT2D eigenvalue weighted by atomic mass is 10.0. The topological polar surface area (TPSA) is 80.5 Å². The van der Waals surface area contributed by atoms with Gasteiger partial charge in [0.25, 0.3) is 0 Å². The van der Waals surface area contributed by atoms with Gasteiger partial charge in [-0.1, -0.05) is 0 Å². The monoisotopic (exact) mass is 310 g/mol. The highest BCUT2D eigenvalue weighted by Crippen LogP contribution is 2.31. The van der Waals surface area contributed by atoms with Crippen molar-refractivity contribution in [2.24, 2.45) is 0 Å². The number of hydrogen-bond acceptors (Lipinski definition) is 4. The highest BCUT2D eigenvalue weighted by molar-refractivity contribution is 5.95.